The molecule has 0 radical (unpaired) electrons. The second kappa shape index (κ2) is 5.77. The van der Waals surface area contributed by atoms with Gasteiger partial charge in [0.15, 0.2) is 0 Å². The average Bonchev–Trinajstić information content (AvgIpc) is 3.22. The fourth-order valence-corrected chi connectivity index (χ4v) is 1.76. The number of methoxy groups -OCH3 is 1. The van der Waals surface area contributed by atoms with E-state index in [2.05, 4.69) is 10.6 Å². The van der Waals surface area contributed by atoms with Crippen molar-refractivity contribution in [3.8, 4) is 5.75 Å². The number of hydrogen-bond acceptors (Lipinski definition) is 5. The zero-order valence-electron chi connectivity index (χ0n) is 11.4. The number of nitro groups is 1. The predicted molar refractivity (Wildman–Crippen MR) is 73.9 cm³/mol. The lowest BCUT2D eigenvalue weighted by Gasteiger charge is -2.15. The standard InChI is InChI=1S/C13H17N3O4/c1-8(13(17)15-9-3-4-9)14-10-5-11(16(18)19)7-12(6-10)20-2/h5-9,14H,3-4H2,1-2H3,(H,15,17). The fourth-order valence-electron chi connectivity index (χ4n) is 1.76. The molecule has 1 unspecified atom stereocenters. The van der Waals surface area contributed by atoms with Gasteiger partial charge in [-0.05, 0) is 19.8 Å². The number of carbonyl (C=O) groups is 1. The molecule has 7 nitrogen and oxygen atoms in total. The van der Waals surface area contributed by atoms with Crippen molar-refractivity contribution in [1.82, 2.24) is 5.32 Å². The molecule has 1 aliphatic carbocycles. The maximum absolute atomic E-state index is 11.8. The zero-order valence-corrected chi connectivity index (χ0v) is 11.4. The summed E-state index contributed by atoms with van der Waals surface area (Å²) in [5.74, 6) is 0.259. The van der Waals surface area contributed by atoms with Crippen molar-refractivity contribution < 1.29 is 14.5 Å². The summed E-state index contributed by atoms with van der Waals surface area (Å²) < 4.78 is 5.02. The minimum atomic E-state index is -0.497. The molecule has 0 heterocycles. The van der Waals surface area contributed by atoms with Crippen molar-refractivity contribution in [3.05, 3.63) is 28.3 Å². The summed E-state index contributed by atoms with van der Waals surface area (Å²) in [6.45, 7) is 1.71. The lowest BCUT2D eigenvalue weighted by Crippen LogP contribution is -2.38. The van der Waals surface area contributed by atoms with Crippen LogP contribution in [0, 0.1) is 10.1 Å². The van der Waals surface area contributed by atoms with Crippen LogP contribution in [0.3, 0.4) is 0 Å². The summed E-state index contributed by atoms with van der Waals surface area (Å²) in [6.07, 6.45) is 2.03. The van der Waals surface area contributed by atoms with Crippen molar-refractivity contribution in [1.29, 1.82) is 0 Å². The number of nitrogens with one attached hydrogen (secondary N) is 2. The van der Waals surface area contributed by atoms with Gasteiger partial charge in [0, 0.05) is 23.9 Å². The van der Waals surface area contributed by atoms with Gasteiger partial charge in [0.1, 0.15) is 11.8 Å². The van der Waals surface area contributed by atoms with Crippen LogP contribution in [0.15, 0.2) is 18.2 Å². The number of amides is 1. The molecule has 1 atom stereocenters. The SMILES string of the molecule is COc1cc(NC(C)C(=O)NC2CC2)cc([N+](=O)[O-])c1. The fraction of sp³-hybridized carbons (Fsp3) is 0.462. The van der Waals surface area contributed by atoms with Crippen molar-refractivity contribution >= 4 is 17.3 Å². The first-order chi connectivity index (χ1) is 9.49. The van der Waals surface area contributed by atoms with E-state index in [1.54, 1.807) is 13.0 Å². The maximum atomic E-state index is 11.8. The van der Waals surface area contributed by atoms with E-state index in [1.165, 1.54) is 19.2 Å². The van der Waals surface area contributed by atoms with E-state index < -0.39 is 11.0 Å². The number of anilines is 1. The van der Waals surface area contributed by atoms with E-state index in [1.807, 2.05) is 0 Å². The van der Waals surface area contributed by atoms with Crippen LogP contribution in [0.4, 0.5) is 11.4 Å². The van der Waals surface area contributed by atoms with Crippen molar-refractivity contribution in [2.24, 2.45) is 0 Å². The van der Waals surface area contributed by atoms with Crippen molar-refractivity contribution in [2.75, 3.05) is 12.4 Å². The number of hydrogen-bond donors (Lipinski definition) is 2. The molecule has 0 bridgehead atoms. The summed E-state index contributed by atoms with van der Waals surface area (Å²) in [6, 6.07) is 4.14. The number of carbonyl (C=O) groups excluding carboxylic acids is 1. The molecule has 0 aromatic heterocycles. The molecule has 1 aliphatic rings. The molecule has 7 heteroatoms. The summed E-state index contributed by atoms with van der Waals surface area (Å²) >= 11 is 0. The molecule has 1 fully saturated rings. The first kappa shape index (κ1) is 14.1. The van der Waals surface area contributed by atoms with E-state index in [0.717, 1.165) is 12.8 Å². The van der Waals surface area contributed by atoms with Crippen LogP contribution < -0.4 is 15.4 Å². The third kappa shape index (κ3) is 3.59. The van der Waals surface area contributed by atoms with E-state index in [0.29, 0.717) is 11.4 Å². The molecule has 1 aromatic rings. The lowest BCUT2D eigenvalue weighted by molar-refractivity contribution is -0.384. The smallest absolute Gasteiger partial charge is 0.275 e. The van der Waals surface area contributed by atoms with Gasteiger partial charge >= 0.3 is 0 Å². The molecule has 1 saturated carbocycles. The van der Waals surface area contributed by atoms with E-state index in [-0.39, 0.29) is 17.6 Å². The maximum Gasteiger partial charge on any atom is 0.275 e. The van der Waals surface area contributed by atoms with Gasteiger partial charge < -0.3 is 15.4 Å². The molecule has 108 valence electrons. The highest BCUT2D eigenvalue weighted by Gasteiger charge is 2.25. The minimum Gasteiger partial charge on any atom is -0.496 e. The highest BCUT2D eigenvalue weighted by atomic mass is 16.6. The quantitative estimate of drug-likeness (QED) is 0.610. The van der Waals surface area contributed by atoms with E-state index >= 15 is 0 Å². The summed E-state index contributed by atoms with van der Waals surface area (Å²) in [7, 11) is 1.44. The van der Waals surface area contributed by atoms with E-state index in [9.17, 15) is 14.9 Å². The van der Waals surface area contributed by atoms with Crippen LogP contribution in [0.25, 0.3) is 0 Å². The van der Waals surface area contributed by atoms with Crippen molar-refractivity contribution in [3.63, 3.8) is 0 Å². The molecule has 0 aliphatic heterocycles. The Labute approximate surface area is 116 Å². The first-order valence-corrected chi connectivity index (χ1v) is 6.40. The summed E-state index contributed by atoms with van der Waals surface area (Å²) in [5.41, 5.74) is 0.399. The highest BCUT2D eigenvalue weighted by molar-refractivity contribution is 5.84. The monoisotopic (exact) mass is 279 g/mol. The molecule has 2 rings (SSSR count). The topological polar surface area (TPSA) is 93.5 Å². The van der Waals surface area contributed by atoms with Crippen molar-refractivity contribution in [2.45, 2.75) is 31.8 Å². The number of nitro benzene ring substituents is 1. The zero-order chi connectivity index (χ0) is 14.7. The van der Waals surface area contributed by atoms with Crippen LogP contribution in [0.1, 0.15) is 19.8 Å². The summed E-state index contributed by atoms with van der Waals surface area (Å²) in [4.78, 5) is 22.2. The molecule has 1 amide bonds. The second-order valence-electron chi connectivity index (χ2n) is 4.83. The van der Waals surface area contributed by atoms with Gasteiger partial charge in [0.25, 0.3) is 5.69 Å². The predicted octanol–water partition coefficient (Wildman–Crippen LogP) is 1.68. The Morgan fingerprint density at radius 1 is 1.45 bits per heavy atom. The molecule has 1 aromatic carbocycles. The van der Waals surface area contributed by atoms with Gasteiger partial charge in [-0.3, -0.25) is 14.9 Å². The molecule has 0 saturated heterocycles. The minimum absolute atomic E-state index is 0.0818. The third-order valence-corrected chi connectivity index (χ3v) is 3.04. The molecule has 20 heavy (non-hydrogen) atoms. The van der Waals surface area contributed by atoms with Crippen LogP contribution in [-0.4, -0.2) is 30.0 Å². The van der Waals surface area contributed by atoms with Crippen LogP contribution in [0.5, 0.6) is 5.75 Å². The highest BCUT2D eigenvalue weighted by Crippen LogP contribution is 2.26. The Hall–Kier alpha value is -2.31. The molecule has 2 N–H and O–H groups in total. The Bertz CT molecular complexity index is 528. The van der Waals surface area contributed by atoms with Gasteiger partial charge in [-0.1, -0.05) is 0 Å². The Morgan fingerprint density at radius 3 is 2.70 bits per heavy atom. The van der Waals surface area contributed by atoms with Crippen LogP contribution >= 0.6 is 0 Å². The molecular formula is C13H17N3O4. The number of rotatable bonds is 6. The van der Waals surface area contributed by atoms with Gasteiger partial charge in [-0.15, -0.1) is 0 Å². The van der Waals surface area contributed by atoms with Gasteiger partial charge in [0.05, 0.1) is 18.1 Å². The van der Waals surface area contributed by atoms with Crippen LogP contribution in [-0.2, 0) is 4.79 Å². The Balaban J connectivity index is 2.08. The number of ether oxygens (including phenoxy) is 1. The normalized spacial score (nSPS) is 15.3. The number of nitrogens with zero attached hydrogens (tertiary/aromatic N) is 1. The van der Waals surface area contributed by atoms with E-state index in [4.69, 9.17) is 4.74 Å². The third-order valence-electron chi connectivity index (χ3n) is 3.04. The van der Waals surface area contributed by atoms with Gasteiger partial charge in [-0.25, -0.2) is 0 Å². The lowest BCUT2D eigenvalue weighted by atomic mass is 10.2. The summed E-state index contributed by atoms with van der Waals surface area (Å²) in [5, 5.41) is 16.7. The molecular weight excluding hydrogens is 262 g/mol. The second-order valence-corrected chi connectivity index (χ2v) is 4.83. The average molecular weight is 279 g/mol. The molecule has 0 spiro atoms. The van der Waals surface area contributed by atoms with Gasteiger partial charge in [-0.2, -0.15) is 0 Å². The Kier molecular flexibility index (Phi) is 4.07. The largest absolute Gasteiger partial charge is 0.496 e. The first-order valence-electron chi connectivity index (χ1n) is 6.40. The Morgan fingerprint density at radius 2 is 2.15 bits per heavy atom. The number of benzene rings is 1. The number of non-ortho nitro benzene ring substituents is 1. The van der Waals surface area contributed by atoms with Crippen LogP contribution in [0.2, 0.25) is 0 Å². The van der Waals surface area contributed by atoms with Gasteiger partial charge in [0.2, 0.25) is 5.91 Å².